The lowest BCUT2D eigenvalue weighted by atomic mass is 10.2. The normalized spacial score (nSPS) is 21.9. The van der Waals surface area contributed by atoms with Gasteiger partial charge in [0.15, 0.2) is 6.23 Å². The smallest absolute Gasteiger partial charge is 0.150 e. The van der Waals surface area contributed by atoms with Gasteiger partial charge in [-0.05, 0) is 25.3 Å². The highest BCUT2D eigenvalue weighted by Gasteiger charge is 2.19. The van der Waals surface area contributed by atoms with Crippen molar-refractivity contribution in [3.63, 3.8) is 0 Å². The van der Waals surface area contributed by atoms with Crippen LogP contribution in [-0.4, -0.2) is 16.4 Å². The van der Waals surface area contributed by atoms with Crippen LogP contribution in [-0.2, 0) is 16.5 Å². The number of hydrogen-bond donors (Lipinski definition) is 0. The predicted octanol–water partition coefficient (Wildman–Crippen LogP) is 3.06. The van der Waals surface area contributed by atoms with Crippen molar-refractivity contribution in [1.29, 1.82) is 0 Å². The molecule has 3 nitrogen and oxygen atoms in total. The molecule has 1 aromatic heterocycles. The average molecular weight is 249 g/mol. The van der Waals surface area contributed by atoms with E-state index in [4.69, 9.17) is 27.9 Å². The summed E-state index contributed by atoms with van der Waals surface area (Å²) in [5, 5.41) is 4.40. The topological polar surface area (TPSA) is 27.1 Å². The molecule has 1 saturated heterocycles. The van der Waals surface area contributed by atoms with Gasteiger partial charge in [0.1, 0.15) is 0 Å². The van der Waals surface area contributed by atoms with Gasteiger partial charge in [0, 0.05) is 6.61 Å². The fourth-order valence-corrected chi connectivity index (χ4v) is 2.15. The van der Waals surface area contributed by atoms with Crippen LogP contribution in [0.2, 0.25) is 0 Å². The van der Waals surface area contributed by atoms with Crippen LogP contribution in [0.4, 0.5) is 0 Å². The Labute approximate surface area is 99.3 Å². The number of aromatic nitrogens is 2. The molecule has 2 rings (SSSR count). The van der Waals surface area contributed by atoms with Gasteiger partial charge in [-0.1, -0.05) is 0 Å². The van der Waals surface area contributed by atoms with E-state index in [0.717, 1.165) is 30.8 Å². The van der Waals surface area contributed by atoms with Crippen molar-refractivity contribution in [3.8, 4) is 0 Å². The molecule has 0 N–H and O–H groups in total. The maximum atomic E-state index is 5.86. The third-order valence-corrected chi connectivity index (χ3v) is 3.11. The van der Waals surface area contributed by atoms with Crippen LogP contribution in [0.5, 0.6) is 0 Å². The maximum absolute atomic E-state index is 5.86. The number of rotatable bonds is 3. The van der Waals surface area contributed by atoms with Crippen LogP contribution in [0.1, 0.15) is 36.9 Å². The lowest BCUT2D eigenvalue weighted by Gasteiger charge is -2.24. The second kappa shape index (κ2) is 5.19. The summed E-state index contributed by atoms with van der Waals surface area (Å²) in [6.45, 7) is 0.808. The van der Waals surface area contributed by atoms with Crippen molar-refractivity contribution < 1.29 is 4.74 Å². The van der Waals surface area contributed by atoms with Gasteiger partial charge < -0.3 is 4.74 Å². The summed E-state index contributed by atoms with van der Waals surface area (Å²) >= 11 is 11.6. The van der Waals surface area contributed by atoms with Crippen molar-refractivity contribution in [2.24, 2.45) is 0 Å². The largest absolute Gasteiger partial charge is 0.357 e. The monoisotopic (exact) mass is 248 g/mol. The summed E-state index contributed by atoms with van der Waals surface area (Å²) in [5.41, 5.74) is 1.85. The molecule has 2 heterocycles. The molecule has 1 atom stereocenters. The molecule has 84 valence electrons. The van der Waals surface area contributed by atoms with Gasteiger partial charge in [0.05, 0.1) is 23.1 Å². The molecule has 0 aromatic carbocycles. The molecule has 1 fully saturated rings. The van der Waals surface area contributed by atoms with Crippen LogP contribution in [0, 0.1) is 0 Å². The zero-order chi connectivity index (χ0) is 10.7. The van der Waals surface area contributed by atoms with E-state index >= 15 is 0 Å². The van der Waals surface area contributed by atoms with E-state index in [0.29, 0.717) is 11.8 Å². The molecular weight excluding hydrogens is 235 g/mol. The molecule has 0 spiro atoms. The molecule has 1 aliphatic rings. The van der Waals surface area contributed by atoms with E-state index in [-0.39, 0.29) is 6.23 Å². The van der Waals surface area contributed by atoms with Crippen LogP contribution in [0.15, 0.2) is 6.07 Å². The van der Waals surface area contributed by atoms with Crippen LogP contribution >= 0.6 is 23.2 Å². The highest BCUT2D eigenvalue weighted by atomic mass is 35.5. The average Bonchev–Trinajstić information content (AvgIpc) is 2.73. The van der Waals surface area contributed by atoms with Gasteiger partial charge in [-0.25, -0.2) is 4.68 Å². The van der Waals surface area contributed by atoms with Crippen LogP contribution in [0.25, 0.3) is 0 Å². The summed E-state index contributed by atoms with van der Waals surface area (Å²) in [6.07, 6.45) is 3.37. The zero-order valence-corrected chi connectivity index (χ0v) is 9.97. The van der Waals surface area contributed by atoms with Gasteiger partial charge in [-0.2, -0.15) is 5.10 Å². The lowest BCUT2D eigenvalue weighted by molar-refractivity contribution is -0.0409. The van der Waals surface area contributed by atoms with E-state index in [1.165, 1.54) is 6.42 Å². The molecule has 0 saturated carbocycles. The van der Waals surface area contributed by atoms with Crippen LogP contribution in [0.3, 0.4) is 0 Å². The molecule has 1 aliphatic heterocycles. The standard InChI is InChI=1S/C10H14Cl2N2O/c11-6-8-5-9(7-12)14(13-8)10-3-1-2-4-15-10/h5,10H,1-4,6-7H2. The molecule has 5 heteroatoms. The first kappa shape index (κ1) is 11.2. The second-order valence-electron chi connectivity index (χ2n) is 3.66. The third kappa shape index (κ3) is 2.47. The first-order chi connectivity index (χ1) is 7.35. The summed E-state index contributed by atoms with van der Waals surface area (Å²) in [4.78, 5) is 0. The highest BCUT2D eigenvalue weighted by Crippen LogP contribution is 2.24. The van der Waals surface area contributed by atoms with Gasteiger partial charge in [-0.3, -0.25) is 0 Å². The van der Waals surface area contributed by atoms with E-state index < -0.39 is 0 Å². The first-order valence-electron chi connectivity index (χ1n) is 5.16. The van der Waals surface area contributed by atoms with Gasteiger partial charge in [0.2, 0.25) is 0 Å². The third-order valence-electron chi connectivity index (χ3n) is 2.57. The number of ether oxygens (including phenoxy) is 1. The number of hydrogen-bond acceptors (Lipinski definition) is 2. The zero-order valence-electron chi connectivity index (χ0n) is 8.46. The molecule has 0 bridgehead atoms. The number of halogens is 2. The molecular formula is C10H14Cl2N2O. The van der Waals surface area contributed by atoms with E-state index in [1.54, 1.807) is 0 Å². The van der Waals surface area contributed by atoms with Gasteiger partial charge in [0.25, 0.3) is 0 Å². The Morgan fingerprint density at radius 1 is 1.40 bits per heavy atom. The fourth-order valence-electron chi connectivity index (χ4n) is 1.82. The van der Waals surface area contributed by atoms with Crippen molar-refractivity contribution in [1.82, 2.24) is 9.78 Å². The predicted molar refractivity (Wildman–Crippen MR) is 60.2 cm³/mol. The Hall–Kier alpha value is -0.250. The van der Waals surface area contributed by atoms with Crippen molar-refractivity contribution in [3.05, 3.63) is 17.5 Å². The molecule has 1 unspecified atom stereocenters. The SMILES string of the molecule is ClCc1cc(CCl)n(C2CCCCO2)n1. The highest BCUT2D eigenvalue weighted by molar-refractivity contribution is 6.17. The Morgan fingerprint density at radius 3 is 2.87 bits per heavy atom. The van der Waals surface area contributed by atoms with E-state index in [9.17, 15) is 0 Å². The Bertz CT molecular complexity index is 321. The summed E-state index contributed by atoms with van der Waals surface area (Å²) in [6, 6.07) is 1.94. The first-order valence-corrected chi connectivity index (χ1v) is 6.23. The molecule has 1 aromatic rings. The summed E-state index contributed by atoms with van der Waals surface area (Å²) < 4.78 is 7.54. The van der Waals surface area contributed by atoms with Gasteiger partial charge >= 0.3 is 0 Å². The van der Waals surface area contributed by atoms with Crippen molar-refractivity contribution >= 4 is 23.2 Å². The molecule has 15 heavy (non-hydrogen) atoms. The summed E-state index contributed by atoms with van der Waals surface area (Å²) in [7, 11) is 0. The van der Waals surface area contributed by atoms with E-state index in [2.05, 4.69) is 5.10 Å². The van der Waals surface area contributed by atoms with Crippen molar-refractivity contribution in [2.75, 3.05) is 6.61 Å². The Morgan fingerprint density at radius 2 is 2.27 bits per heavy atom. The summed E-state index contributed by atoms with van der Waals surface area (Å²) in [5.74, 6) is 0.868. The Balaban J connectivity index is 2.20. The minimum Gasteiger partial charge on any atom is -0.357 e. The minimum absolute atomic E-state index is 0.0458. The van der Waals surface area contributed by atoms with E-state index in [1.807, 2.05) is 10.7 Å². The molecule has 0 amide bonds. The van der Waals surface area contributed by atoms with Gasteiger partial charge in [-0.15, -0.1) is 23.2 Å². The fraction of sp³-hybridized carbons (Fsp3) is 0.700. The number of nitrogens with zero attached hydrogens (tertiary/aromatic N) is 2. The molecule has 0 radical (unpaired) electrons. The number of alkyl halides is 2. The Kier molecular flexibility index (Phi) is 3.89. The van der Waals surface area contributed by atoms with Crippen LogP contribution < -0.4 is 0 Å². The quantitative estimate of drug-likeness (QED) is 0.770. The second-order valence-corrected chi connectivity index (χ2v) is 4.19. The maximum Gasteiger partial charge on any atom is 0.150 e. The lowest BCUT2D eigenvalue weighted by Crippen LogP contribution is -2.20. The minimum atomic E-state index is 0.0458. The van der Waals surface area contributed by atoms with Crippen molar-refractivity contribution in [2.45, 2.75) is 37.3 Å². The molecule has 0 aliphatic carbocycles.